The minimum Gasteiger partial charge on any atom is -0.485 e. The summed E-state index contributed by atoms with van der Waals surface area (Å²) in [6.07, 6.45) is 3.88. The molecule has 1 spiro atoms. The van der Waals surface area contributed by atoms with Crippen molar-refractivity contribution in [1.29, 1.82) is 0 Å². The number of amides is 2. The minimum absolute atomic E-state index is 0.0440. The number of hydrogen-bond acceptors (Lipinski definition) is 4. The molecular weight excluding hydrogens is 390 g/mol. The molecule has 0 atom stereocenters. The molecule has 31 heavy (non-hydrogen) atoms. The van der Waals surface area contributed by atoms with Crippen LogP contribution in [0, 0.1) is 6.92 Å². The van der Waals surface area contributed by atoms with E-state index in [2.05, 4.69) is 34.7 Å². The van der Waals surface area contributed by atoms with Gasteiger partial charge in [-0.05, 0) is 69.5 Å². The van der Waals surface area contributed by atoms with Gasteiger partial charge in [-0.15, -0.1) is 0 Å². The molecule has 1 aliphatic heterocycles. The van der Waals surface area contributed by atoms with E-state index >= 15 is 0 Å². The van der Waals surface area contributed by atoms with Gasteiger partial charge < -0.3 is 15.4 Å². The highest BCUT2D eigenvalue weighted by atomic mass is 16.5. The van der Waals surface area contributed by atoms with E-state index in [-0.39, 0.29) is 17.4 Å². The zero-order chi connectivity index (χ0) is 22.0. The van der Waals surface area contributed by atoms with E-state index in [4.69, 9.17) is 4.74 Å². The molecule has 0 bridgehead atoms. The molecule has 2 aromatic carbocycles. The summed E-state index contributed by atoms with van der Waals surface area (Å²) >= 11 is 0. The first-order chi connectivity index (χ1) is 14.8. The second-order valence-corrected chi connectivity index (χ2v) is 8.99. The van der Waals surface area contributed by atoms with Gasteiger partial charge in [0.25, 0.3) is 5.91 Å². The predicted octanol–water partition coefficient (Wildman–Crippen LogP) is 3.89. The van der Waals surface area contributed by atoms with Crippen LogP contribution in [-0.2, 0) is 11.3 Å². The molecule has 6 nitrogen and oxygen atoms in total. The summed E-state index contributed by atoms with van der Waals surface area (Å²) < 4.78 is 6.47. The fraction of sp³-hybridized carbons (Fsp3) is 0.440. The van der Waals surface area contributed by atoms with E-state index < -0.39 is 0 Å². The normalized spacial score (nSPS) is 23.0. The largest absolute Gasteiger partial charge is 0.485 e. The topological polar surface area (TPSA) is 70.7 Å². The molecule has 1 heterocycles. The molecule has 0 aromatic heterocycles. The minimum atomic E-state index is -0.326. The fourth-order valence-electron chi connectivity index (χ4n) is 4.68. The molecular formula is C25H31N3O3. The van der Waals surface area contributed by atoms with Gasteiger partial charge in [-0.2, -0.15) is 0 Å². The standard InChI is InChI=1S/C25H31N3O3/c1-17-4-9-23-22(14-17)24(30)26-16-25(31-23)12-10-21(11-13-25)28(3)15-19-5-7-20(8-6-19)27-18(2)29/h4-9,14,21H,10-13,15-16H2,1-3H3,(H,26,30)(H,27,29). The molecule has 2 aromatic rings. The van der Waals surface area contributed by atoms with Crippen molar-refractivity contribution < 1.29 is 14.3 Å². The van der Waals surface area contributed by atoms with Crippen LogP contribution < -0.4 is 15.4 Å². The molecule has 0 saturated heterocycles. The first-order valence-corrected chi connectivity index (χ1v) is 11.0. The maximum atomic E-state index is 12.5. The van der Waals surface area contributed by atoms with Crippen LogP contribution >= 0.6 is 0 Å². The quantitative estimate of drug-likeness (QED) is 0.786. The van der Waals surface area contributed by atoms with Crippen LogP contribution in [0.1, 0.15) is 54.1 Å². The van der Waals surface area contributed by atoms with Gasteiger partial charge in [-0.3, -0.25) is 14.5 Å². The number of rotatable bonds is 4. The van der Waals surface area contributed by atoms with Gasteiger partial charge in [0.15, 0.2) is 0 Å². The summed E-state index contributed by atoms with van der Waals surface area (Å²) in [5.74, 6) is 0.597. The number of benzene rings is 2. The van der Waals surface area contributed by atoms with E-state index in [9.17, 15) is 9.59 Å². The summed E-state index contributed by atoms with van der Waals surface area (Å²) in [7, 11) is 2.16. The lowest BCUT2D eigenvalue weighted by Crippen LogP contribution is -2.50. The zero-order valence-corrected chi connectivity index (χ0v) is 18.5. The molecule has 6 heteroatoms. The van der Waals surface area contributed by atoms with Gasteiger partial charge in [0.1, 0.15) is 11.4 Å². The fourth-order valence-corrected chi connectivity index (χ4v) is 4.68. The summed E-state index contributed by atoms with van der Waals surface area (Å²) in [6, 6.07) is 14.3. The summed E-state index contributed by atoms with van der Waals surface area (Å²) in [6.45, 7) is 4.92. The van der Waals surface area contributed by atoms with Gasteiger partial charge in [0, 0.05) is 25.2 Å². The SMILES string of the molecule is CC(=O)Nc1ccc(CN(C)C2CCC3(CC2)CNC(=O)c2cc(C)ccc2O3)cc1. The molecule has 1 saturated carbocycles. The van der Waals surface area contributed by atoms with Crippen molar-refractivity contribution in [3.8, 4) is 5.75 Å². The number of fused-ring (bicyclic) bond motifs is 1. The van der Waals surface area contributed by atoms with Crippen molar-refractivity contribution in [3.63, 3.8) is 0 Å². The molecule has 0 unspecified atom stereocenters. The van der Waals surface area contributed by atoms with Crippen LogP contribution in [-0.4, -0.2) is 41.9 Å². The van der Waals surface area contributed by atoms with Crippen molar-refractivity contribution in [2.75, 3.05) is 18.9 Å². The van der Waals surface area contributed by atoms with Crippen LogP contribution in [0.2, 0.25) is 0 Å². The van der Waals surface area contributed by atoms with Crippen LogP contribution in [0.4, 0.5) is 5.69 Å². The second-order valence-electron chi connectivity index (χ2n) is 8.99. The van der Waals surface area contributed by atoms with Gasteiger partial charge in [-0.25, -0.2) is 0 Å². The summed E-state index contributed by atoms with van der Waals surface area (Å²) in [4.78, 5) is 26.1. The third-order valence-electron chi connectivity index (χ3n) is 6.47. The van der Waals surface area contributed by atoms with E-state index in [0.29, 0.717) is 23.9 Å². The number of anilines is 1. The number of carbonyl (C=O) groups excluding carboxylic acids is 2. The Labute approximate surface area is 184 Å². The number of ether oxygens (including phenoxy) is 1. The predicted molar refractivity (Wildman–Crippen MR) is 121 cm³/mol. The number of hydrogen-bond donors (Lipinski definition) is 2. The highest BCUT2D eigenvalue weighted by Gasteiger charge is 2.41. The van der Waals surface area contributed by atoms with Crippen molar-refractivity contribution >= 4 is 17.5 Å². The van der Waals surface area contributed by atoms with Crippen LogP contribution in [0.3, 0.4) is 0 Å². The van der Waals surface area contributed by atoms with Crippen molar-refractivity contribution in [2.45, 2.75) is 57.7 Å². The zero-order valence-electron chi connectivity index (χ0n) is 18.5. The number of carbonyl (C=O) groups is 2. The van der Waals surface area contributed by atoms with E-state index in [1.807, 2.05) is 37.3 Å². The highest BCUT2D eigenvalue weighted by molar-refractivity contribution is 5.97. The molecule has 2 amide bonds. The van der Waals surface area contributed by atoms with Crippen molar-refractivity contribution in [3.05, 3.63) is 59.2 Å². The second kappa shape index (κ2) is 8.71. The number of nitrogens with zero attached hydrogens (tertiary/aromatic N) is 1. The van der Waals surface area contributed by atoms with E-state index in [1.54, 1.807) is 0 Å². The first-order valence-electron chi connectivity index (χ1n) is 11.0. The smallest absolute Gasteiger partial charge is 0.255 e. The summed E-state index contributed by atoms with van der Waals surface area (Å²) in [5.41, 5.74) is 3.41. The molecule has 1 aliphatic carbocycles. The Balaban J connectivity index is 1.37. The lowest BCUT2D eigenvalue weighted by atomic mass is 9.81. The molecule has 164 valence electrons. The van der Waals surface area contributed by atoms with Crippen molar-refractivity contribution in [1.82, 2.24) is 10.2 Å². The molecule has 2 N–H and O–H groups in total. The molecule has 2 aliphatic rings. The average molecular weight is 422 g/mol. The Hall–Kier alpha value is -2.86. The highest BCUT2D eigenvalue weighted by Crippen LogP contribution is 2.37. The Bertz CT molecular complexity index is 962. The lowest BCUT2D eigenvalue weighted by Gasteiger charge is -2.42. The monoisotopic (exact) mass is 421 g/mol. The Morgan fingerprint density at radius 1 is 1.19 bits per heavy atom. The van der Waals surface area contributed by atoms with Crippen LogP contribution in [0.5, 0.6) is 5.75 Å². The Morgan fingerprint density at radius 2 is 1.90 bits per heavy atom. The maximum absolute atomic E-state index is 12.5. The summed E-state index contributed by atoms with van der Waals surface area (Å²) in [5, 5.41) is 5.89. The van der Waals surface area contributed by atoms with Gasteiger partial charge in [0.2, 0.25) is 5.91 Å². The van der Waals surface area contributed by atoms with Gasteiger partial charge >= 0.3 is 0 Å². The number of nitrogens with one attached hydrogen (secondary N) is 2. The first kappa shape index (κ1) is 21.4. The molecule has 4 rings (SSSR count). The van der Waals surface area contributed by atoms with E-state index in [0.717, 1.165) is 43.5 Å². The van der Waals surface area contributed by atoms with Crippen molar-refractivity contribution in [2.24, 2.45) is 0 Å². The third kappa shape index (κ3) is 4.90. The third-order valence-corrected chi connectivity index (χ3v) is 6.47. The van der Waals surface area contributed by atoms with E-state index in [1.165, 1.54) is 12.5 Å². The van der Waals surface area contributed by atoms with Crippen LogP contribution in [0.15, 0.2) is 42.5 Å². The van der Waals surface area contributed by atoms with Gasteiger partial charge in [0.05, 0.1) is 12.1 Å². The number of aryl methyl sites for hydroxylation is 1. The maximum Gasteiger partial charge on any atom is 0.255 e. The lowest BCUT2D eigenvalue weighted by molar-refractivity contribution is -0.114. The molecule has 0 radical (unpaired) electrons. The average Bonchev–Trinajstić information content (AvgIpc) is 2.87. The Morgan fingerprint density at radius 3 is 2.58 bits per heavy atom. The van der Waals surface area contributed by atoms with Crippen LogP contribution in [0.25, 0.3) is 0 Å². The molecule has 1 fully saturated rings. The van der Waals surface area contributed by atoms with Gasteiger partial charge in [-0.1, -0.05) is 23.8 Å². The Kier molecular flexibility index (Phi) is 6.01.